The van der Waals surface area contributed by atoms with Crippen LogP contribution in [0.2, 0.25) is 0 Å². The standard InChI is InChI=1S/C19H24N4O3/c1-25-16-9-14(10-17(11-16)26-2)12-22-18(24)15-5-3-8-23(13-15)19-20-6-4-7-21-19/h4,6-7,9-11,15H,3,5,8,12-13H2,1-2H3,(H,22,24). The predicted molar refractivity (Wildman–Crippen MR) is 98.4 cm³/mol. The van der Waals surface area contributed by atoms with Crippen molar-refractivity contribution in [2.24, 2.45) is 5.92 Å². The smallest absolute Gasteiger partial charge is 0.225 e. The molecule has 1 saturated heterocycles. The number of hydrogen-bond acceptors (Lipinski definition) is 6. The van der Waals surface area contributed by atoms with Gasteiger partial charge < -0.3 is 19.7 Å². The molecule has 0 spiro atoms. The summed E-state index contributed by atoms with van der Waals surface area (Å²) < 4.78 is 10.5. The second kappa shape index (κ2) is 8.51. The van der Waals surface area contributed by atoms with Crippen molar-refractivity contribution in [3.8, 4) is 11.5 Å². The lowest BCUT2D eigenvalue weighted by Gasteiger charge is -2.31. The minimum absolute atomic E-state index is 0.0485. The number of ether oxygens (including phenoxy) is 2. The summed E-state index contributed by atoms with van der Waals surface area (Å²) in [4.78, 5) is 23.3. The first kappa shape index (κ1) is 18.0. The maximum absolute atomic E-state index is 12.6. The highest BCUT2D eigenvalue weighted by molar-refractivity contribution is 5.79. The van der Waals surface area contributed by atoms with Crippen LogP contribution in [0.4, 0.5) is 5.95 Å². The molecule has 1 unspecified atom stereocenters. The van der Waals surface area contributed by atoms with E-state index in [1.807, 2.05) is 18.2 Å². The van der Waals surface area contributed by atoms with Gasteiger partial charge in [0.05, 0.1) is 20.1 Å². The molecule has 7 nitrogen and oxygen atoms in total. The Balaban J connectivity index is 1.59. The summed E-state index contributed by atoms with van der Waals surface area (Å²) in [7, 11) is 3.22. The molecule has 1 aliphatic rings. The molecule has 1 N–H and O–H groups in total. The highest BCUT2D eigenvalue weighted by Crippen LogP contribution is 2.23. The molecule has 2 heterocycles. The van der Waals surface area contributed by atoms with Crippen molar-refractivity contribution < 1.29 is 14.3 Å². The van der Waals surface area contributed by atoms with Crippen molar-refractivity contribution in [2.45, 2.75) is 19.4 Å². The average Bonchev–Trinajstić information content (AvgIpc) is 2.72. The van der Waals surface area contributed by atoms with E-state index >= 15 is 0 Å². The summed E-state index contributed by atoms with van der Waals surface area (Å²) in [5.41, 5.74) is 0.939. The van der Waals surface area contributed by atoms with Gasteiger partial charge in [-0.05, 0) is 36.6 Å². The number of aromatic nitrogens is 2. The molecule has 0 saturated carbocycles. The number of benzene rings is 1. The molecular formula is C19H24N4O3. The quantitative estimate of drug-likeness (QED) is 0.853. The normalized spacial score (nSPS) is 16.8. The highest BCUT2D eigenvalue weighted by atomic mass is 16.5. The van der Waals surface area contributed by atoms with Crippen LogP contribution >= 0.6 is 0 Å². The number of amides is 1. The van der Waals surface area contributed by atoms with Crippen molar-refractivity contribution in [1.82, 2.24) is 15.3 Å². The van der Waals surface area contributed by atoms with Crippen LogP contribution in [0.1, 0.15) is 18.4 Å². The Kier molecular flexibility index (Phi) is 5.88. The van der Waals surface area contributed by atoms with E-state index in [0.29, 0.717) is 30.5 Å². The Morgan fingerprint density at radius 3 is 2.54 bits per heavy atom. The third-order valence-corrected chi connectivity index (χ3v) is 4.51. The molecule has 26 heavy (non-hydrogen) atoms. The number of nitrogens with zero attached hydrogens (tertiary/aromatic N) is 3. The number of hydrogen-bond donors (Lipinski definition) is 1. The lowest BCUT2D eigenvalue weighted by molar-refractivity contribution is -0.125. The number of rotatable bonds is 6. The monoisotopic (exact) mass is 356 g/mol. The zero-order valence-electron chi connectivity index (χ0n) is 15.1. The van der Waals surface area contributed by atoms with Crippen LogP contribution in [0.3, 0.4) is 0 Å². The average molecular weight is 356 g/mol. The molecule has 1 aliphatic heterocycles. The Morgan fingerprint density at radius 1 is 1.19 bits per heavy atom. The molecule has 2 aromatic rings. The van der Waals surface area contributed by atoms with Crippen LogP contribution in [0, 0.1) is 5.92 Å². The molecule has 0 aliphatic carbocycles. The maximum atomic E-state index is 12.6. The number of nitrogens with one attached hydrogen (secondary N) is 1. The Bertz CT molecular complexity index is 717. The van der Waals surface area contributed by atoms with Crippen LogP contribution in [-0.2, 0) is 11.3 Å². The van der Waals surface area contributed by atoms with Gasteiger partial charge >= 0.3 is 0 Å². The van der Waals surface area contributed by atoms with E-state index < -0.39 is 0 Å². The Morgan fingerprint density at radius 2 is 1.88 bits per heavy atom. The summed E-state index contributed by atoms with van der Waals surface area (Å²) in [6.07, 6.45) is 5.27. The molecule has 0 radical (unpaired) electrons. The first-order chi connectivity index (χ1) is 12.7. The molecule has 1 fully saturated rings. The zero-order chi connectivity index (χ0) is 18.4. The van der Waals surface area contributed by atoms with Crippen LogP contribution in [0.5, 0.6) is 11.5 Å². The lowest BCUT2D eigenvalue weighted by Crippen LogP contribution is -2.43. The van der Waals surface area contributed by atoms with Gasteiger partial charge in [-0.15, -0.1) is 0 Å². The molecule has 7 heteroatoms. The number of piperidine rings is 1. The van der Waals surface area contributed by atoms with Crippen LogP contribution < -0.4 is 19.7 Å². The Labute approximate surface area is 153 Å². The van der Waals surface area contributed by atoms with Gasteiger partial charge in [0.2, 0.25) is 11.9 Å². The number of methoxy groups -OCH3 is 2. The van der Waals surface area contributed by atoms with E-state index in [9.17, 15) is 4.79 Å². The SMILES string of the molecule is COc1cc(CNC(=O)C2CCCN(c3ncccn3)C2)cc(OC)c1. The van der Waals surface area contributed by atoms with E-state index in [1.165, 1.54) is 0 Å². The number of carbonyl (C=O) groups excluding carboxylic acids is 1. The van der Waals surface area contributed by atoms with E-state index in [4.69, 9.17) is 9.47 Å². The van der Waals surface area contributed by atoms with Gasteiger partial charge in [0, 0.05) is 38.1 Å². The van der Waals surface area contributed by atoms with Crippen LogP contribution in [0.25, 0.3) is 0 Å². The minimum atomic E-state index is -0.0694. The molecule has 1 aromatic carbocycles. The third kappa shape index (κ3) is 4.41. The van der Waals surface area contributed by atoms with E-state index in [1.54, 1.807) is 32.7 Å². The predicted octanol–water partition coefficient (Wildman–Crippen LogP) is 2.03. The fraction of sp³-hybridized carbons (Fsp3) is 0.421. The van der Waals surface area contributed by atoms with Gasteiger partial charge in [-0.3, -0.25) is 4.79 Å². The third-order valence-electron chi connectivity index (χ3n) is 4.51. The second-order valence-electron chi connectivity index (χ2n) is 6.27. The van der Waals surface area contributed by atoms with Crippen molar-refractivity contribution >= 4 is 11.9 Å². The lowest BCUT2D eigenvalue weighted by atomic mass is 9.97. The minimum Gasteiger partial charge on any atom is -0.497 e. The first-order valence-electron chi connectivity index (χ1n) is 8.71. The van der Waals surface area contributed by atoms with Crippen molar-refractivity contribution in [2.75, 3.05) is 32.2 Å². The molecule has 138 valence electrons. The molecule has 1 amide bonds. The molecule has 1 aromatic heterocycles. The van der Waals surface area contributed by atoms with E-state index in [0.717, 1.165) is 24.9 Å². The van der Waals surface area contributed by atoms with Gasteiger partial charge in [0.15, 0.2) is 0 Å². The Hall–Kier alpha value is -2.83. The van der Waals surface area contributed by atoms with Gasteiger partial charge in [0.25, 0.3) is 0 Å². The molecule has 1 atom stereocenters. The fourth-order valence-corrected chi connectivity index (χ4v) is 3.13. The summed E-state index contributed by atoms with van der Waals surface area (Å²) in [5.74, 6) is 2.08. The fourth-order valence-electron chi connectivity index (χ4n) is 3.13. The highest BCUT2D eigenvalue weighted by Gasteiger charge is 2.26. The summed E-state index contributed by atoms with van der Waals surface area (Å²) in [6.45, 7) is 1.95. The zero-order valence-corrected chi connectivity index (χ0v) is 15.1. The van der Waals surface area contributed by atoms with Crippen molar-refractivity contribution in [3.63, 3.8) is 0 Å². The summed E-state index contributed by atoms with van der Waals surface area (Å²) in [6, 6.07) is 7.39. The molecule has 3 rings (SSSR count). The molecular weight excluding hydrogens is 332 g/mol. The number of anilines is 1. The molecule has 0 bridgehead atoms. The van der Waals surface area contributed by atoms with E-state index in [-0.39, 0.29) is 11.8 Å². The van der Waals surface area contributed by atoms with Gasteiger partial charge in [-0.2, -0.15) is 0 Å². The number of carbonyl (C=O) groups is 1. The van der Waals surface area contributed by atoms with Gasteiger partial charge in [-0.1, -0.05) is 0 Å². The topological polar surface area (TPSA) is 76.6 Å². The van der Waals surface area contributed by atoms with Crippen molar-refractivity contribution in [1.29, 1.82) is 0 Å². The first-order valence-corrected chi connectivity index (χ1v) is 8.71. The maximum Gasteiger partial charge on any atom is 0.225 e. The van der Waals surface area contributed by atoms with E-state index in [2.05, 4.69) is 20.2 Å². The summed E-state index contributed by atoms with van der Waals surface area (Å²) >= 11 is 0. The van der Waals surface area contributed by atoms with Crippen molar-refractivity contribution in [3.05, 3.63) is 42.2 Å². The van der Waals surface area contributed by atoms with Crippen LogP contribution in [-0.4, -0.2) is 43.2 Å². The largest absolute Gasteiger partial charge is 0.497 e. The summed E-state index contributed by atoms with van der Waals surface area (Å²) in [5, 5.41) is 3.03. The van der Waals surface area contributed by atoms with Gasteiger partial charge in [0.1, 0.15) is 11.5 Å². The second-order valence-corrected chi connectivity index (χ2v) is 6.27. The van der Waals surface area contributed by atoms with Crippen LogP contribution in [0.15, 0.2) is 36.7 Å². The van der Waals surface area contributed by atoms with Gasteiger partial charge in [-0.25, -0.2) is 9.97 Å².